The second kappa shape index (κ2) is 10.6. The van der Waals surface area contributed by atoms with E-state index in [1.807, 2.05) is 13.8 Å². The third-order valence-electron chi connectivity index (χ3n) is 4.44. The number of hydrogen-bond donors (Lipinski definition) is 2. The molecule has 1 aromatic heterocycles. The first-order valence-corrected chi connectivity index (χ1v) is 9.53. The summed E-state index contributed by atoms with van der Waals surface area (Å²) in [5, 5.41) is 34.6. The van der Waals surface area contributed by atoms with Crippen molar-refractivity contribution >= 4 is 5.69 Å². The lowest BCUT2D eigenvalue weighted by atomic mass is 10.2. The third kappa shape index (κ3) is 7.81. The Balaban J connectivity index is 1.85. The maximum Gasteiger partial charge on any atom is 0.435 e. The topological polar surface area (TPSA) is 114 Å². The van der Waals surface area contributed by atoms with Crippen molar-refractivity contribution in [1.29, 1.82) is 0 Å². The van der Waals surface area contributed by atoms with Crippen LogP contribution in [0.25, 0.3) is 0 Å². The molecule has 0 amide bonds. The molecule has 0 aliphatic heterocycles. The summed E-state index contributed by atoms with van der Waals surface area (Å²) in [5.41, 5.74) is -1.10. The van der Waals surface area contributed by atoms with Gasteiger partial charge >= 0.3 is 6.18 Å². The molecular weight excluding hydrogens is 421 g/mol. The largest absolute Gasteiger partial charge is 0.491 e. The van der Waals surface area contributed by atoms with E-state index in [2.05, 4.69) is 5.10 Å². The predicted octanol–water partition coefficient (Wildman–Crippen LogP) is 2.32. The van der Waals surface area contributed by atoms with Crippen LogP contribution < -0.4 is 4.74 Å². The van der Waals surface area contributed by atoms with E-state index in [-0.39, 0.29) is 38.0 Å². The number of ether oxygens (including phenoxy) is 1. The Morgan fingerprint density at radius 2 is 1.77 bits per heavy atom. The summed E-state index contributed by atoms with van der Waals surface area (Å²) in [5.74, 6) is 0.361. The summed E-state index contributed by atoms with van der Waals surface area (Å²) in [6.07, 6.45) is -5.33. The van der Waals surface area contributed by atoms with Gasteiger partial charge < -0.3 is 14.9 Å². The number of halogens is 3. The fourth-order valence-corrected chi connectivity index (χ4v) is 2.83. The van der Waals surface area contributed by atoms with Gasteiger partial charge in [-0.3, -0.25) is 19.7 Å². The number of nitro benzene ring substituents is 1. The molecule has 0 spiro atoms. The summed E-state index contributed by atoms with van der Waals surface area (Å²) in [6, 6.07) is 6.21. The maximum absolute atomic E-state index is 12.6. The smallest absolute Gasteiger partial charge is 0.435 e. The summed E-state index contributed by atoms with van der Waals surface area (Å²) in [4.78, 5) is 11.9. The van der Waals surface area contributed by atoms with Crippen molar-refractivity contribution in [2.24, 2.45) is 0 Å². The first-order valence-electron chi connectivity index (χ1n) is 9.53. The quantitative estimate of drug-likeness (QED) is 0.402. The van der Waals surface area contributed by atoms with Gasteiger partial charge in [-0.15, -0.1) is 0 Å². The number of rotatable bonds is 11. The Morgan fingerprint density at radius 1 is 1.16 bits per heavy atom. The van der Waals surface area contributed by atoms with Gasteiger partial charge in [0.05, 0.1) is 17.6 Å². The highest BCUT2D eigenvalue weighted by Gasteiger charge is 2.33. The highest BCUT2D eigenvalue weighted by Crippen LogP contribution is 2.27. The molecule has 0 bridgehead atoms. The molecule has 9 nitrogen and oxygen atoms in total. The summed E-state index contributed by atoms with van der Waals surface area (Å²) in [7, 11) is 0. The molecule has 31 heavy (non-hydrogen) atoms. The monoisotopic (exact) mass is 446 g/mol. The van der Waals surface area contributed by atoms with Gasteiger partial charge in [0.1, 0.15) is 18.5 Å². The van der Waals surface area contributed by atoms with E-state index in [1.54, 1.807) is 4.90 Å². The van der Waals surface area contributed by atoms with Crippen molar-refractivity contribution in [2.45, 2.75) is 44.8 Å². The first kappa shape index (κ1) is 24.6. The molecule has 12 heteroatoms. The Labute approximate surface area is 176 Å². The van der Waals surface area contributed by atoms with Crippen molar-refractivity contribution in [3.05, 3.63) is 52.3 Å². The van der Waals surface area contributed by atoms with E-state index < -0.39 is 29.0 Å². The van der Waals surface area contributed by atoms with Gasteiger partial charge in [0.25, 0.3) is 5.69 Å². The molecule has 1 aromatic carbocycles. The molecule has 2 N–H and O–H groups in total. The minimum atomic E-state index is -4.55. The van der Waals surface area contributed by atoms with Crippen LogP contribution in [0.1, 0.15) is 19.5 Å². The number of non-ortho nitro benzene ring substituents is 1. The van der Waals surface area contributed by atoms with Gasteiger partial charge in [-0.25, -0.2) is 0 Å². The van der Waals surface area contributed by atoms with Gasteiger partial charge in [-0.1, -0.05) is 0 Å². The van der Waals surface area contributed by atoms with Crippen LogP contribution in [0.3, 0.4) is 0 Å². The SMILES string of the molecule is CC(C)N(CC(O)COc1ccc([N+](=O)[O-])cc1)CC(O)Cn1ccc(C(F)(F)F)n1. The summed E-state index contributed by atoms with van der Waals surface area (Å²) >= 11 is 0. The zero-order valence-corrected chi connectivity index (χ0v) is 17.1. The zero-order valence-electron chi connectivity index (χ0n) is 17.1. The lowest BCUT2D eigenvalue weighted by Crippen LogP contribution is -2.44. The number of hydrogen-bond acceptors (Lipinski definition) is 7. The second-order valence-electron chi connectivity index (χ2n) is 7.34. The van der Waals surface area contributed by atoms with Gasteiger partial charge in [-0.05, 0) is 32.0 Å². The third-order valence-corrected chi connectivity index (χ3v) is 4.44. The molecule has 0 radical (unpaired) electrons. The number of benzene rings is 1. The molecule has 2 rings (SSSR count). The molecule has 0 fully saturated rings. The molecule has 0 saturated carbocycles. The standard InChI is InChI=1S/C19H25F3N4O5/c1-13(2)24(9-15(27)11-25-8-7-18(23-25)19(20,21)22)10-16(28)12-31-17-5-3-14(4-6-17)26(29)30/h3-8,13,15-16,27-28H,9-12H2,1-2H3. The van der Waals surface area contributed by atoms with Crippen LogP contribution in [0.4, 0.5) is 18.9 Å². The van der Waals surface area contributed by atoms with E-state index in [4.69, 9.17) is 4.74 Å². The van der Waals surface area contributed by atoms with Gasteiger partial charge in [0.15, 0.2) is 5.69 Å². The lowest BCUT2D eigenvalue weighted by molar-refractivity contribution is -0.384. The number of aliphatic hydroxyl groups is 2. The number of nitro groups is 1. The van der Waals surface area contributed by atoms with E-state index in [9.17, 15) is 33.5 Å². The predicted molar refractivity (Wildman–Crippen MR) is 105 cm³/mol. The average Bonchev–Trinajstić information content (AvgIpc) is 3.15. The second-order valence-corrected chi connectivity index (χ2v) is 7.34. The molecule has 2 unspecified atom stereocenters. The summed E-state index contributed by atoms with van der Waals surface area (Å²) < 4.78 is 44.4. The van der Waals surface area contributed by atoms with E-state index in [1.165, 1.54) is 24.3 Å². The van der Waals surface area contributed by atoms with E-state index >= 15 is 0 Å². The number of alkyl halides is 3. The van der Waals surface area contributed by atoms with Gasteiger partial charge in [-0.2, -0.15) is 18.3 Å². The minimum Gasteiger partial charge on any atom is -0.491 e. The van der Waals surface area contributed by atoms with Crippen molar-refractivity contribution < 1.29 is 33.0 Å². The first-order chi connectivity index (χ1) is 14.5. The number of nitrogens with zero attached hydrogens (tertiary/aromatic N) is 4. The maximum atomic E-state index is 12.6. The Bertz CT molecular complexity index is 842. The van der Waals surface area contributed by atoms with Crippen molar-refractivity contribution in [3.8, 4) is 5.75 Å². The van der Waals surface area contributed by atoms with Crippen LogP contribution in [-0.4, -0.2) is 67.8 Å². The number of aliphatic hydroxyl groups excluding tert-OH is 2. The highest BCUT2D eigenvalue weighted by molar-refractivity contribution is 5.35. The molecule has 1 heterocycles. The lowest BCUT2D eigenvalue weighted by Gasteiger charge is -2.30. The fraction of sp³-hybridized carbons (Fsp3) is 0.526. The Hall–Kier alpha value is -2.70. The normalized spacial score (nSPS) is 14.1. The molecule has 0 aliphatic rings. The van der Waals surface area contributed by atoms with Gasteiger partial charge in [0, 0.05) is 37.5 Å². The summed E-state index contributed by atoms with van der Waals surface area (Å²) in [6.45, 7) is 3.75. The molecule has 2 aromatic rings. The molecule has 0 aliphatic carbocycles. The van der Waals surface area contributed by atoms with Crippen LogP contribution in [0.2, 0.25) is 0 Å². The van der Waals surface area contributed by atoms with Crippen molar-refractivity contribution in [1.82, 2.24) is 14.7 Å². The van der Waals surface area contributed by atoms with Crippen molar-refractivity contribution in [2.75, 3.05) is 19.7 Å². The minimum absolute atomic E-state index is 0.0629. The van der Waals surface area contributed by atoms with Crippen LogP contribution >= 0.6 is 0 Å². The van der Waals surface area contributed by atoms with Crippen LogP contribution in [0.5, 0.6) is 5.75 Å². The average molecular weight is 446 g/mol. The number of aromatic nitrogens is 2. The van der Waals surface area contributed by atoms with E-state index in [0.29, 0.717) is 5.75 Å². The van der Waals surface area contributed by atoms with Crippen LogP contribution in [0.15, 0.2) is 36.5 Å². The zero-order chi connectivity index (χ0) is 23.2. The van der Waals surface area contributed by atoms with Crippen molar-refractivity contribution in [3.63, 3.8) is 0 Å². The molecule has 0 saturated heterocycles. The fourth-order valence-electron chi connectivity index (χ4n) is 2.83. The van der Waals surface area contributed by atoms with Crippen LogP contribution in [-0.2, 0) is 12.7 Å². The Kier molecular flexibility index (Phi) is 8.36. The van der Waals surface area contributed by atoms with Gasteiger partial charge in [0.2, 0.25) is 0 Å². The highest BCUT2D eigenvalue weighted by atomic mass is 19.4. The molecular formula is C19H25F3N4O5. The van der Waals surface area contributed by atoms with E-state index in [0.717, 1.165) is 16.9 Å². The van der Waals surface area contributed by atoms with Crippen LogP contribution in [0, 0.1) is 10.1 Å². The Morgan fingerprint density at radius 3 is 2.29 bits per heavy atom. The molecule has 172 valence electrons. The molecule has 2 atom stereocenters.